The van der Waals surface area contributed by atoms with Crippen molar-refractivity contribution < 1.29 is 23.1 Å². The van der Waals surface area contributed by atoms with Gasteiger partial charge in [-0.05, 0) is 12.8 Å². The van der Waals surface area contributed by atoms with Crippen LogP contribution >= 0.6 is 0 Å². The quantitative estimate of drug-likeness (QED) is 0.786. The summed E-state index contributed by atoms with van der Waals surface area (Å²) in [6, 6.07) is 0. The molecule has 2 saturated heterocycles. The van der Waals surface area contributed by atoms with Crippen LogP contribution in [-0.4, -0.2) is 59.3 Å². The first kappa shape index (κ1) is 12.6. The molecule has 2 fully saturated rings. The highest BCUT2D eigenvalue weighted by molar-refractivity contribution is 7.89. The minimum Gasteiger partial charge on any atom is -0.478 e. The lowest BCUT2D eigenvalue weighted by Crippen LogP contribution is -2.46. The lowest BCUT2D eigenvalue weighted by molar-refractivity contribution is -0.0115. The predicted octanol–water partition coefficient (Wildman–Crippen LogP) is -0.340. The minimum atomic E-state index is -3.87. The number of carboxylic acids is 1. The van der Waals surface area contributed by atoms with Gasteiger partial charge in [-0.1, -0.05) is 0 Å². The Morgan fingerprint density at radius 2 is 2.05 bits per heavy atom. The standard InChI is InChI=1S/C10H13N3O5S/c14-10(15)8-3-11-12-9(8)19(16,17)13-4-6-1-2-7(5-13)18-6/h3,6-7H,1-2,4-5H2,(H,11,12)(H,14,15). The molecular weight excluding hydrogens is 274 g/mol. The lowest BCUT2D eigenvalue weighted by Gasteiger charge is -2.30. The number of carboxylic acid groups (broad SMARTS) is 1. The molecule has 2 bridgehead atoms. The smallest absolute Gasteiger partial charge is 0.340 e. The second-order valence-corrected chi connectivity index (χ2v) is 6.57. The Kier molecular flexibility index (Phi) is 2.84. The van der Waals surface area contributed by atoms with Crippen molar-refractivity contribution in [3.8, 4) is 0 Å². The summed E-state index contributed by atoms with van der Waals surface area (Å²) in [6.07, 6.45) is 2.50. The van der Waals surface area contributed by atoms with Gasteiger partial charge in [-0.25, -0.2) is 13.2 Å². The van der Waals surface area contributed by atoms with Gasteiger partial charge in [0.1, 0.15) is 5.56 Å². The first-order valence-electron chi connectivity index (χ1n) is 5.91. The zero-order valence-electron chi connectivity index (χ0n) is 9.94. The van der Waals surface area contributed by atoms with Gasteiger partial charge in [0.05, 0.1) is 18.4 Å². The second-order valence-electron chi connectivity index (χ2n) is 4.70. The third-order valence-corrected chi connectivity index (χ3v) is 5.25. The molecular formula is C10H13N3O5S. The minimum absolute atomic E-state index is 0.0928. The number of aromatic nitrogens is 2. The summed E-state index contributed by atoms with van der Waals surface area (Å²) in [4.78, 5) is 11.0. The SMILES string of the molecule is O=C(O)c1cn[nH]c1S(=O)(=O)N1CC2CCC(C1)O2. The van der Waals surface area contributed by atoms with Crippen molar-refractivity contribution in [3.63, 3.8) is 0 Å². The lowest BCUT2D eigenvalue weighted by atomic mass is 10.2. The fraction of sp³-hybridized carbons (Fsp3) is 0.600. The Hall–Kier alpha value is -1.45. The summed E-state index contributed by atoms with van der Waals surface area (Å²) in [5, 5.41) is 14.4. The highest BCUT2D eigenvalue weighted by atomic mass is 32.2. The van der Waals surface area contributed by atoms with Gasteiger partial charge in [0.25, 0.3) is 10.0 Å². The zero-order chi connectivity index (χ0) is 13.6. The number of aromatic carboxylic acids is 1. The topological polar surface area (TPSA) is 113 Å². The number of sulfonamides is 1. The molecule has 0 aromatic carbocycles. The Balaban J connectivity index is 1.94. The predicted molar refractivity (Wildman–Crippen MR) is 62.2 cm³/mol. The average molecular weight is 287 g/mol. The molecule has 3 rings (SSSR count). The summed E-state index contributed by atoms with van der Waals surface area (Å²) in [5.74, 6) is -1.32. The van der Waals surface area contributed by atoms with Gasteiger partial charge in [0.2, 0.25) is 0 Å². The van der Waals surface area contributed by atoms with Crippen LogP contribution in [0.15, 0.2) is 11.2 Å². The second kappa shape index (κ2) is 4.29. The molecule has 3 heterocycles. The molecule has 2 unspecified atom stereocenters. The molecule has 0 spiro atoms. The van der Waals surface area contributed by atoms with E-state index >= 15 is 0 Å². The Labute approximate surface area is 109 Å². The average Bonchev–Trinajstić information content (AvgIpc) is 2.96. The third-order valence-electron chi connectivity index (χ3n) is 3.44. The zero-order valence-corrected chi connectivity index (χ0v) is 10.8. The molecule has 8 nitrogen and oxygen atoms in total. The molecule has 2 atom stereocenters. The number of nitrogens with zero attached hydrogens (tertiary/aromatic N) is 2. The van der Waals surface area contributed by atoms with Gasteiger partial charge in [-0.3, -0.25) is 5.10 Å². The van der Waals surface area contributed by atoms with Gasteiger partial charge in [-0.15, -0.1) is 0 Å². The van der Waals surface area contributed by atoms with Crippen molar-refractivity contribution >= 4 is 16.0 Å². The molecule has 1 aromatic rings. The maximum Gasteiger partial charge on any atom is 0.340 e. The molecule has 0 aliphatic carbocycles. The molecule has 0 radical (unpaired) electrons. The largest absolute Gasteiger partial charge is 0.478 e. The Bertz CT molecular complexity index is 598. The van der Waals surface area contributed by atoms with E-state index in [4.69, 9.17) is 9.84 Å². The summed E-state index contributed by atoms with van der Waals surface area (Å²) >= 11 is 0. The van der Waals surface area contributed by atoms with Crippen molar-refractivity contribution in [2.45, 2.75) is 30.1 Å². The summed E-state index contributed by atoms with van der Waals surface area (Å²) in [7, 11) is -3.87. The van der Waals surface area contributed by atoms with E-state index in [1.54, 1.807) is 0 Å². The molecule has 9 heteroatoms. The van der Waals surface area contributed by atoms with E-state index in [1.165, 1.54) is 4.31 Å². The van der Waals surface area contributed by atoms with Crippen molar-refractivity contribution in [2.75, 3.05) is 13.1 Å². The Morgan fingerprint density at radius 3 is 2.63 bits per heavy atom. The van der Waals surface area contributed by atoms with Crippen LogP contribution in [-0.2, 0) is 14.8 Å². The van der Waals surface area contributed by atoms with Crippen LogP contribution in [0.2, 0.25) is 0 Å². The van der Waals surface area contributed by atoms with Crippen LogP contribution in [0.4, 0.5) is 0 Å². The fourth-order valence-electron chi connectivity index (χ4n) is 2.53. The van der Waals surface area contributed by atoms with E-state index in [9.17, 15) is 13.2 Å². The normalized spacial score (nSPS) is 27.6. The molecule has 1 aromatic heterocycles. The van der Waals surface area contributed by atoms with Crippen molar-refractivity contribution in [1.29, 1.82) is 0 Å². The number of morpholine rings is 1. The molecule has 0 saturated carbocycles. The van der Waals surface area contributed by atoms with Crippen LogP contribution in [0.1, 0.15) is 23.2 Å². The summed E-state index contributed by atoms with van der Waals surface area (Å²) in [6.45, 7) is 0.522. The van der Waals surface area contributed by atoms with E-state index in [1.807, 2.05) is 0 Å². The van der Waals surface area contributed by atoms with E-state index in [2.05, 4.69) is 10.2 Å². The van der Waals surface area contributed by atoms with E-state index < -0.39 is 16.0 Å². The Morgan fingerprint density at radius 1 is 1.42 bits per heavy atom. The monoisotopic (exact) mass is 287 g/mol. The van der Waals surface area contributed by atoms with Gasteiger partial charge < -0.3 is 9.84 Å². The van der Waals surface area contributed by atoms with E-state index in [-0.39, 0.29) is 35.9 Å². The number of fused-ring (bicyclic) bond motifs is 2. The highest BCUT2D eigenvalue weighted by Gasteiger charge is 2.41. The van der Waals surface area contributed by atoms with Crippen LogP contribution in [0.25, 0.3) is 0 Å². The van der Waals surface area contributed by atoms with Crippen LogP contribution in [0, 0.1) is 0 Å². The number of H-pyrrole nitrogens is 1. The number of carbonyl (C=O) groups is 1. The van der Waals surface area contributed by atoms with Crippen molar-refractivity contribution in [3.05, 3.63) is 11.8 Å². The van der Waals surface area contributed by atoms with Gasteiger partial charge >= 0.3 is 5.97 Å². The molecule has 0 amide bonds. The van der Waals surface area contributed by atoms with Gasteiger partial charge in [0.15, 0.2) is 5.03 Å². The van der Waals surface area contributed by atoms with E-state index in [0.29, 0.717) is 0 Å². The van der Waals surface area contributed by atoms with Crippen LogP contribution < -0.4 is 0 Å². The summed E-state index contributed by atoms with van der Waals surface area (Å²) in [5.41, 5.74) is -0.334. The van der Waals surface area contributed by atoms with E-state index in [0.717, 1.165) is 19.0 Å². The molecule has 2 N–H and O–H groups in total. The number of ether oxygens (including phenoxy) is 1. The van der Waals surface area contributed by atoms with Crippen molar-refractivity contribution in [1.82, 2.24) is 14.5 Å². The first-order chi connectivity index (χ1) is 8.98. The van der Waals surface area contributed by atoms with Gasteiger partial charge in [0, 0.05) is 13.1 Å². The maximum atomic E-state index is 12.4. The number of hydrogen-bond donors (Lipinski definition) is 2. The number of hydrogen-bond acceptors (Lipinski definition) is 5. The van der Waals surface area contributed by atoms with Crippen molar-refractivity contribution in [2.24, 2.45) is 0 Å². The van der Waals surface area contributed by atoms with Crippen LogP contribution in [0.3, 0.4) is 0 Å². The first-order valence-corrected chi connectivity index (χ1v) is 7.35. The molecule has 19 heavy (non-hydrogen) atoms. The van der Waals surface area contributed by atoms with Gasteiger partial charge in [-0.2, -0.15) is 9.40 Å². The molecule has 104 valence electrons. The fourth-order valence-corrected chi connectivity index (χ4v) is 4.10. The maximum absolute atomic E-state index is 12.4. The summed E-state index contributed by atoms with van der Waals surface area (Å²) < 4.78 is 31.7. The van der Waals surface area contributed by atoms with Crippen LogP contribution in [0.5, 0.6) is 0 Å². The third kappa shape index (κ3) is 2.03. The highest BCUT2D eigenvalue weighted by Crippen LogP contribution is 2.30. The number of aromatic amines is 1. The number of nitrogens with one attached hydrogen (secondary N) is 1. The number of rotatable bonds is 3. The molecule has 2 aliphatic heterocycles. The molecule has 2 aliphatic rings.